The Labute approximate surface area is 229 Å². The SMILES string of the molecule is CCC(CC1NCCS1(O)O)N1C(=O)[C@@](C)(CC(=O)O)C[C@H](c2cccc(Cl)c2)[C@H]1c1ccc(Cl)cc1. The van der Waals surface area contributed by atoms with E-state index in [1.165, 1.54) is 0 Å². The third kappa shape index (κ3) is 5.95. The van der Waals surface area contributed by atoms with Crippen LogP contribution in [0.1, 0.15) is 62.6 Å². The van der Waals surface area contributed by atoms with Gasteiger partial charge in [-0.25, -0.2) is 0 Å². The maximum atomic E-state index is 14.3. The van der Waals surface area contributed by atoms with Crippen LogP contribution in [0.4, 0.5) is 0 Å². The zero-order valence-electron chi connectivity index (χ0n) is 20.9. The number of likely N-dealkylation sites (tertiary alicyclic amines) is 1. The van der Waals surface area contributed by atoms with Crippen LogP contribution in [0, 0.1) is 5.41 Å². The molecule has 0 aromatic heterocycles. The van der Waals surface area contributed by atoms with Crippen LogP contribution >= 0.6 is 33.8 Å². The van der Waals surface area contributed by atoms with E-state index in [-0.39, 0.29) is 30.0 Å². The second kappa shape index (κ2) is 11.1. The maximum Gasteiger partial charge on any atom is 0.304 e. The fourth-order valence-corrected chi connectivity index (χ4v) is 7.83. The number of piperidine rings is 1. The number of nitrogens with one attached hydrogen (secondary N) is 1. The van der Waals surface area contributed by atoms with Gasteiger partial charge in [-0.2, -0.15) is 10.6 Å². The number of carboxylic acids is 1. The molecule has 4 N–H and O–H groups in total. The van der Waals surface area contributed by atoms with Gasteiger partial charge in [0, 0.05) is 35.0 Å². The average molecular weight is 570 g/mol. The summed E-state index contributed by atoms with van der Waals surface area (Å²) >= 11 is 12.6. The monoisotopic (exact) mass is 568 g/mol. The molecule has 5 atom stereocenters. The van der Waals surface area contributed by atoms with Crippen molar-refractivity contribution in [3.63, 3.8) is 0 Å². The minimum absolute atomic E-state index is 0.241. The lowest BCUT2D eigenvalue weighted by Crippen LogP contribution is -2.57. The van der Waals surface area contributed by atoms with Gasteiger partial charge in [0.1, 0.15) is 0 Å². The summed E-state index contributed by atoms with van der Waals surface area (Å²) in [5.41, 5.74) is 0.643. The molecule has 0 aliphatic carbocycles. The molecule has 2 aliphatic rings. The predicted octanol–water partition coefficient (Wildman–Crippen LogP) is 6.38. The molecule has 2 aromatic carbocycles. The van der Waals surface area contributed by atoms with Crippen LogP contribution in [0.15, 0.2) is 48.5 Å². The topological polar surface area (TPSA) is 110 Å². The number of carbonyl (C=O) groups excluding carboxylic acids is 1. The Hall–Kier alpha value is -1.81. The summed E-state index contributed by atoms with van der Waals surface area (Å²) in [6.07, 6.45) is 0.935. The van der Waals surface area contributed by atoms with Crippen molar-refractivity contribution in [2.24, 2.45) is 5.41 Å². The highest BCUT2D eigenvalue weighted by molar-refractivity contribution is 8.25. The van der Waals surface area contributed by atoms with E-state index >= 15 is 0 Å². The number of hydrogen-bond acceptors (Lipinski definition) is 5. The molecule has 1 amide bonds. The van der Waals surface area contributed by atoms with Crippen LogP contribution in [-0.2, 0) is 9.59 Å². The molecule has 0 bridgehead atoms. The Morgan fingerprint density at radius 1 is 1.16 bits per heavy atom. The Balaban J connectivity index is 1.87. The smallest absolute Gasteiger partial charge is 0.304 e. The summed E-state index contributed by atoms with van der Waals surface area (Å²) in [7, 11) is -2.83. The largest absolute Gasteiger partial charge is 0.481 e. The van der Waals surface area contributed by atoms with Crippen molar-refractivity contribution in [2.75, 3.05) is 12.3 Å². The third-order valence-corrected chi connectivity index (χ3v) is 10.3. The zero-order valence-corrected chi connectivity index (χ0v) is 23.3. The summed E-state index contributed by atoms with van der Waals surface area (Å²) in [6.45, 7) is 4.19. The molecule has 2 aromatic rings. The lowest BCUT2D eigenvalue weighted by atomic mass is 9.67. The van der Waals surface area contributed by atoms with Gasteiger partial charge < -0.3 is 10.0 Å². The molecule has 0 radical (unpaired) electrons. The molecule has 4 rings (SSSR count). The van der Waals surface area contributed by atoms with Gasteiger partial charge in [0.2, 0.25) is 5.91 Å². The first-order valence-electron chi connectivity index (χ1n) is 12.5. The normalized spacial score (nSPS) is 29.2. The van der Waals surface area contributed by atoms with E-state index in [1.54, 1.807) is 25.1 Å². The zero-order chi connectivity index (χ0) is 27.0. The summed E-state index contributed by atoms with van der Waals surface area (Å²) in [4.78, 5) is 28.0. The molecule has 202 valence electrons. The van der Waals surface area contributed by atoms with E-state index in [0.29, 0.717) is 35.9 Å². The van der Waals surface area contributed by atoms with E-state index in [1.807, 2.05) is 42.2 Å². The molecule has 2 heterocycles. The highest BCUT2D eigenvalue weighted by Crippen LogP contribution is 2.54. The summed E-state index contributed by atoms with van der Waals surface area (Å²) in [5, 5.41) is 13.6. The average Bonchev–Trinajstić information content (AvgIpc) is 3.17. The van der Waals surface area contributed by atoms with Crippen molar-refractivity contribution in [2.45, 2.75) is 62.9 Å². The third-order valence-electron chi connectivity index (χ3n) is 7.71. The van der Waals surface area contributed by atoms with Gasteiger partial charge in [0.15, 0.2) is 0 Å². The Bertz CT molecular complexity index is 1150. The van der Waals surface area contributed by atoms with E-state index < -0.39 is 33.4 Å². The van der Waals surface area contributed by atoms with E-state index in [2.05, 4.69) is 5.32 Å². The fraction of sp³-hybridized carbons (Fsp3) is 0.481. The standard InChI is InChI=1S/C27H34Cl2N2O5S/c1-3-21(14-23-30-11-12-37(23,35)36)31-25(17-7-9-19(28)10-8-17)22(18-5-4-6-20(29)13-18)15-27(2,26(31)34)16-24(32)33/h4-10,13,21-23,25,30,35-36H,3,11-12,14-16H2,1-2H3,(H,32,33)/t21?,22-,23?,25-,27-/m1/s1. The van der Waals surface area contributed by atoms with Crippen LogP contribution in [0.3, 0.4) is 0 Å². The van der Waals surface area contributed by atoms with Gasteiger partial charge in [-0.05, 0) is 48.2 Å². The molecule has 10 heteroatoms. The number of aliphatic carboxylic acids is 1. The first kappa shape index (κ1) is 28.2. The Kier molecular flexibility index (Phi) is 8.48. The number of carbonyl (C=O) groups is 2. The number of amides is 1. The minimum Gasteiger partial charge on any atom is -0.481 e. The van der Waals surface area contributed by atoms with Crippen LogP contribution in [0.5, 0.6) is 0 Å². The molecule has 7 nitrogen and oxygen atoms in total. The molecular formula is C27H34Cl2N2O5S. The van der Waals surface area contributed by atoms with E-state index in [9.17, 15) is 23.8 Å². The number of carboxylic acid groups (broad SMARTS) is 1. The molecule has 2 fully saturated rings. The lowest BCUT2D eigenvalue weighted by Gasteiger charge is -2.52. The summed E-state index contributed by atoms with van der Waals surface area (Å²) in [5.74, 6) is -1.24. The van der Waals surface area contributed by atoms with Gasteiger partial charge >= 0.3 is 5.97 Å². The lowest BCUT2D eigenvalue weighted by molar-refractivity contribution is -0.160. The molecule has 37 heavy (non-hydrogen) atoms. The van der Waals surface area contributed by atoms with E-state index in [4.69, 9.17) is 23.2 Å². The first-order chi connectivity index (χ1) is 17.4. The number of hydrogen-bond donors (Lipinski definition) is 4. The summed E-state index contributed by atoms with van der Waals surface area (Å²) < 4.78 is 21.2. The van der Waals surface area contributed by atoms with Crippen LogP contribution in [0.2, 0.25) is 10.0 Å². The highest BCUT2D eigenvalue weighted by Gasteiger charge is 2.52. The van der Waals surface area contributed by atoms with Crippen LogP contribution in [0.25, 0.3) is 0 Å². The summed E-state index contributed by atoms with van der Waals surface area (Å²) in [6, 6.07) is 14.1. The predicted molar refractivity (Wildman–Crippen MR) is 148 cm³/mol. The van der Waals surface area contributed by atoms with Crippen molar-refractivity contribution >= 4 is 45.7 Å². The Morgan fingerprint density at radius 3 is 2.43 bits per heavy atom. The van der Waals surface area contributed by atoms with Gasteiger partial charge in [-0.3, -0.25) is 24.0 Å². The maximum absolute atomic E-state index is 14.3. The van der Waals surface area contributed by atoms with Gasteiger partial charge in [0.25, 0.3) is 0 Å². The van der Waals surface area contributed by atoms with Gasteiger partial charge in [-0.15, -0.1) is 0 Å². The Morgan fingerprint density at radius 2 is 1.86 bits per heavy atom. The number of nitrogens with zero attached hydrogens (tertiary/aromatic N) is 1. The molecule has 2 unspecified atom stereocenters. The van der Waals surface area contributed by atoms with Crippen LogP contribution < -0.4 is 5.32 Å². The molecule has 0 saturated carbocycles. The highest BCUT2D eigenvalue weighted by atomic mass is 35.5. The molecule has 0 spiro atoms. The number of halogens is 2. The minimum atomic E-state index is -2.83. The van der Waals surface area contributed by atoms with Gasteiger partial charge in [0.05, 0.1) is 29.0 Å². The number of rotatable bonds is 8. The first-order valence-corrected chi connectivity index (χ1v) is 15.0. The molecular weight excluding hydrogens is 535 g/mol. The fourth-order valence-electron chi connectivity index (χ4n) is 5.89. The molecule has 2 saturated heterocycles. The van der Waals surface area contributed by atoms with Gasteiger partial charge in [-0.1, -0.05) is 61.3 Å². The number of benzene rings is 2. The van der Waals surface area contributed by atoms with Crippen molar-refractivity contribution in [3.05, 3.63) is 69.7 Å². The second-order valence-corrected chi connectivity index (χ2v) is 13.7. The second-order valence-electron chi connectivity index (χ2n) is 10.4. The van der Waals surface area contributed by atoms with Crippen molar-refractivity contribution < 1.29 is 23.8 Å². The quantitative estimate of drug-likeness (QED) is 0.294. The molecule has 2 aliphatic heterocycles. The van der Waals surface area contributed by atoms with E-state index in [0.717, 1.165) is 11.1 Å². The van der Waals surface area contributed by atoms with Crippen molar-refractivity contribution in [1.29, 1.82) is 0 Å². The van der Waals surface area contributed by atoms with Crippen molar-refractivity contribution in [1.82, 2.24) is 10.2 Å². The van der Waals surface area contributed by atoms with Crippen LogP contribution in [-0.4, -0.2) is 54.7 Å². The van der Waals surface area contributed by atoms with Crippen molar-refractivity contribution in [3.8, 4) is 0 Å².